The molecule has 3 nitrogen and oxygen atoms in total. The van der Waals surface area contributed by atoms with Gasteiger partial charge in [0.05, 0.1) is 5.69 Å². The van der Waals surface area contributed by atoms with Crippen molar-refractivity contribution in [1.29, 1.82) is 5.53 Å². The molecule has 11 heavy (non-hydrogen) atoms. The van der Waals surface area contributed by atoms with E-state index in [-0.39, 0.29) is 0 Å². The van der Waals surface area contributed by atoms with E-state index in [1.807, 2.05) is 31.2 Å². The van der Waals surface area contributed by atoms with Gasteiger partial charge in [0.2, 0.25) is 0 Å². The van der Waals surface area contributed by atoms with E-state index in [2.05, 4.69) is 10.4 Å². The van der Waals surface area contributed by atoms with Crippen molar-refractivity contribution in [2.75, 3.05) is 11.9 Å². The van der Waals surface area contributed by atoms with E-state index >= 15 is 0 Å². The minimum absolute atomic E-state index is 0.689. The van der Waals surface area contributed by atoms with Gasteiger partial charge < -0.3 is 5.32 Å². The second-order valence-electron chi connectivity index (χ2n) is 2.16. The molecule has 0 aliphatic heterocycles. The highest BCUT2D eigenvalue weighted by molar-refractivity contribution is 5.64. The van der Waals surface area contributed by atoms with Crippen LogP contribution >= 0.6 is 0 Å². The van der Waals surface area contributed by atoms with Gasteiger partial charge in [-0.1, -0.05) is 12.1 Å². The Labute approximate surface area is 65.9 Å². The highest BCUT2D eigenvalue weighted by atomic mass is 15.0. The Bertz CT molecular complexity index is 245. The first kappa shape index (κ1) is 7.72. The van der Waals surface area contributed by atoms with E-state index in [9.17, 15) is 0 Å². The zero-order valence-electron chi connectivity index (χ0n) is 6.46. The molecule has 0 aliphatic carbocycles. The van der Waals surface area contributed by atoms with Gasteiger partial charge in [-0.05, 0) is 19.1 Å². The molecule has 0 radical (unpaired) electrons. The average molecular weight is 149 g/mol. The average Bonchev–Trinajstić information content (AvgIpc) is 2.06. The van der Waals surface area contributed by atoms with Crippen LogP contribution in [0.4, 0.5) is 11.4 Å². The monoisotopic (exact) mass is 149 g/mol. The summed E-state index contributed by atoms with van der Waals surface area (Å²) in [5, 5.41) is 6.49. The maximum absolute atomic E-state index is 6.85. The minimum atomic E-state index is 0.689. The summed E-state index contributed by atoms with van der Waals surface area (Å²) in [6.45, 7) is 2.87. The number of hydrogen-bond donors (Lipinski definition) is 2. The molecule has 58 valence electrons. The van der Waals surface area contributed by atoms with E-state index in [0.29, 0.717) is 5.69 Å². The summed E-state index contributed by atoms with van der Waals surface area (Å²) in [5.74, 6) is 0. The number of hydrogen-bond acceptors (Lipinski definition) is 3. The smallest absolute Gasteiger partial charge is 0.108 e. The fourth-order valence-corrected chi connectivity index (χ4v) is 0.911. The molecular formula is C8H11N3. The quantitative estimate of drug-likeness (QED) is 0.638. The van der Waals surface area contributed by atoms with Gasteiger partial charge in [0.1, 0.15) is 5.69 Å². The van der Waals surface area contributed by atoms with Crippen LogP contribution in [0.2, 0.25) is 0 Å². The third-order valence-corrected chi connectivity index (χ3v) is 1.39. The third-order valence-electron chi connectivity index (χ3n) is 1.39. The molecule has 0 heterocycles. The van der Waals surface area contributed by atoms with Crippen molar-refractivity contribution in [3.8, 4) is 0 Å². The molecule has 0 saturated heterocycles. The lowest BCUT2D eigenvalue weighted by molar-refractivity contribution is 1.13. The fraction of sp³-hybridized carbons (Fsp3) is 0.250. The lowest BCUT2D eigenvalue weighted by atomic mass is 10.3. The molecule has 0 fully saturated rings. The lowest BCUT2D eigenvalue weighted by Gasteiger charge is -2.03. The standard InChI is InChI=1S/C8H11N3/c1-2-10-7-5-3-4-6-8(7)11-9/h3-6,9-10H,2H2,1H3. The minimum Gasteiger partial charge on any atom is -0.384 e. The van der Waals surface area contributed by atoms with Crippen LogP contribution in [-0.2, 0) is 0 Å². The van der Waals surface area contributed by atoms with Crippen LogP contribution in [0.3, 0.4) is 0 Å². The normalized spacial score (nSPS) is 9.18. The number of nitrogens with one attached hydrogen (secondary N) is 2. The van der Waals surface area contributed by atoms with Crippen LogP contribution in [0.1, 0.15) is 6.92 Å². The number of anilines is 1. The molecule has 1 rings (SSSR count). The van der Waals surface area contributed by atoms with E-state index in [1.165, 1.54) is 0 Å². The van der Waals surface area contributed by atoms with Gasteiger partial charge in [0, 0.05) is 6.54 Å². The molecule has 0 spiro atoms. The van der Waals surface area contributed by atoms with Gasteiger partial charge >= 0.3 is 0 Å². The molecule has 0 unspecified atom stereocenters. The number of para-hydroxylation sites is 2. The van der Waals surface area contributed by atoms with E-state index < -0.39 is 0 Å². The molecule has 1 aromatic rings. The topological polar surface area (TPSA) is 48.2 Å². The van der Waals surface area contributed by atoms with Gasteiger partial charge in [-0.15, -0.1) is 0 Å². The summed E-state index contributed by atoms with van der Waals surface area (Å²) in [5.41, 5.74) is 8.46. The SMILES string of the molecule is CCNc1ccccc1N=N. The first-order valence-electron chi connectivity index (χ1n) is 3.59. The molecular weight excluding hydrogens is 138 g/mol. The molecule has 0 bridgehead atoms. The zero-order chi connectivity index (χ0) is 8.10. The second kappa shape index (κ2) is 3.71. The van der Waals surface area contributed by atoms with Crippen molar-refractivity contribution in [2.45, 2.75) is 6.92 Å². The van der Waals surface area contributed by atoms with Crippen LogP contribution in [0, 0.1) is 5.53 Å². The molecule has 0 aromatic heterocycles. The summed E-state index contributed by atoms with van der Waals surface area (Å²) in [4.78, 5) is 0. The molecule has 0 atom stereocenters. The predicted molar refractivity (Wildman–Crippen MR) is 45.4 cm³/mol. The van der Waals surface area contributed by atoms with E-state index in [4.69, 9.17) is 5.53 Å². The van der Waals surface area contributed by atoms with Crippen molar-refractivity contribution in [2.24, 2.45) is 5.11 Å². The summed E-state index contributed by atoms with van der Waals surface area (Å²) >= 11 is 0. The third kappa shape index (κ3) is 1.77. The maximum Gasteiger partial charge on any atom is 0.108 e. The summed E-state index contributed by atoms with van der Waals surface area (Å²) in [6.07, 6.45) is 0. The lowest BCUT2D eigenvalue weighted by Crippen LogP contribution is -1.95. The molecule has 2 N–H and O–H groups in total. The first-order chi connectivity index (χ1) is 5.38. The first-order valence-corrected chi connectivity index (χ1v) is 3.59. The summed E-state index contributed by atoms with van der Waals surface area (Å²) in [6, 6.07) is 7.52. The fourth-order valence-electron chi connectivity index (χ4n) is 0.911. The van der Waals surface area contributed by atoms with Crippen LogP contribution in [0.15, 0.2) is 29.4 Å². The van der Waals surface area contributed by atoms with Gasteiger partial charge in [-0.25, -0.2) is 5.53 Å². The van der Waals surface area contributed by atoms with Gasteiger partial charge in [-0.2, -0.15) is 5.11 Å². The van der Waals surface area contributed by atoms with Crippen molar-refractivity contribution in [3.05, 3.63) is 24.3 Å². The Kier molecular flexibility index (Phi) is 2.60. The van der Waals surface area contributed by atoms with Gasteiger partial charge in [0.15, 0.2) is 0 Å². The zero-order valence-corrected chi connectivity index (χ0v) is 6.46. The van der Waals surface area contributed by atoms with Crippen molar-refractivity contribution >= 4 is 11.4 Å². The van der Waals surface area contributed by atoms with Crippen molar-refractivity contribution in [3.63, 3.8) is 0 Å². The Morgan fingerprint density at radius 3 is 2.82 bits per heavy atom. The van der Waals surface area contributed by atoms with Crippen LogP contribution in [0.25, 0.3) is 0 Å². The summed E-state index contributed by atoms with van der Waals surface area (Å²) in [7, 11) is 0. The van der Waals surface area contributed by atoms with Crippen LogP contribution < -0.4 is 5.32 Å². The summed E-state index contributed by atoms with van der Waals surface area (Å²) < 4.78 is 0. The Morgan fingerprint density at radius 1 is 1.45 bits per heavy atom. The highest BCUT2D eigenvalue weighted by Gasteiger charge is 1.95. The maximum atomic E-state index is 6.85. The number of nitrogens with zero attached hydrogens (tertiary/aromatic N) is 1. The Hall–Kier alpha value is -1.38. The van der Waals surface area contributed by atoms with E-state index in [0.717, 1.165) is 12.2 Å². The molecule has 3 heteroatoms. The largest absolute Gasteiger partial charge is 0.384 e. The molecule has 0 amide bonds. The number of benzene rings is 1. The number of rotatable bonds is 3. The second-order valence-corrected chi connectivity index (χ2v) is 2.16. The van der Waals surface area contributed by atoms with E-state index in [1.54, 1.807) is 0 Å². The van der Waals surface area contributed by atoms with Gasteiger partial charge in [-0.3, -0.25) is 0 Å². The Balaban J connectivity index is 2.92. The van der Waals surface area contributed by atoms with Crippen molar-refractivity contribution in [1.82, 2.24) is 0 Å². The molecule has 1 aromatic carbocycles. The van der Waals surface area contributed by atoms with Crippen LogP contribution in [-0.4, -0.2) is 6.54 Å². The Morgan fingerprint density at radius 2 is 2.18 bits per heavy atom. The van der Waals surface area contributed by atoms with Crippen LogP contribution in [0.5, 0.6) is 0 Å². The molecule has 0 aliphatic rings. The predicted octanol–water partition coefficient (Wildman–Crippen LogP) is 2.78. The molecule has 0 saturated carbocycles. The highest BCUT2D eigenvalue weighted by Crippen LogP contribution is 2.22. The van der Waals surface area contributed by atoms with Gasteiger partial charge in [0.25, 0.3) is 0 Å². The van der Waals surface area contributed by atoms with Crippen molar-refractivity contribution < 1.29 is 0 Å².